The van der Waals surface area contributed by atoms with Crippen LogP contribution >= 0.6 is 0 Å². The highest BCUT2D eigenvalue weighted by Gasteiger charge is 2.23. The van der Waals surface area contributed by atoms with Gasteiger partial charge in [-0.15, -0.1) is 0 Å². The SMILES string of the molecule is C=Cc1ncc2cc(-c3c(-c4ccc(C(=O)N5CCCC5)cc4)c4c(N)ncnc4n3C)ccc2n1. The number of likely N-dealkylation sites (tertiary alicyclic amines) is 1. The molecule has 3 aromatic heterocycles. The fourth-order valence-corrected chi connectivity index (χ4v) is 5.07. The van der Waals surface area contributed by atoms with Gasteiger partial charge in [-0.05, 0) is 54.3 Å². The fourth-order valence-electron chi connectivity index (χ4n) is 5.07. The molecule has 1 amide bonds. The minimum atomic E-state index is 0.0773. The first-order chi connectivity index (χ1) is 17.5. The van der Waals surface area contributed by atoms with Crippen molar-refractivity contribution in [1.29, 1.82) is 0 Å². The van der Waals surface area contributed by atoms with Crippen LogP contribution in [0.25, 0.3) is 50.4 Å². The van der Waals surface area contributed by atoms with Crippen molar-refractivity contribution in [3.63, 3.8) is 0 Å². The molecule has 0 unspecified atom stereocenters. The first kappa shape index (κ1) is 21.9. The molecule has 178 valence electrons. The number of hydrogen-bond acceptors (Lipinski definition) is 6. The van der Waals surface area contributed by atoms with Gasteiger partial charge in [0, 0.05) is 42.8 Å². The molecule has 4 heterocycles. The van der Waals surface area contributed by atoms with Gasteiger partial charge in [0.2, 0.25) is 0 Å². The average Bonchev–Trinajstić information content (AvgIpc) is 3.55. The van der Waals surface area contributed by atoms with E-state index in [-0.39, 0.29) is 5.91 Å². The molecule has 0 radical (unpaired) electrons. The number of nitrogens with two attached hydrogens (primary N) is 1. The normalized spacial score (nSPS) is 13.5. The predicted molar refractivity (Wildman–Crippen MR) is 142 cm³/mol. The molecule has 0 aliphatic carbocycles. The quantitative estimate of drug-likeness (QED) is 0.404. The van der Waals surface area contributed by atoms with Crippen molar-refractivity contribution in [2.75, 3.05) is 18.8 Å². The van der Waals surface area contributed by atoms with Crippen LogP contribution in [0, 0.1) is 0 Å². The number of amides is 1. The number of anilines is 1. The standard InChI is InChI=1S/C28H25N7O/c1-3-22-30-15-20-14-19(10-11-21(20)33-22)25-23(24-26(29)31-16-32-27(24)34(25)2)17-6-8-18(9-7-17)28(36)35-12-4-5-13-35/h3,6-11,14-16H,1,4-5,12-13H2,2H3,(H2,29,31,32). The Hall–Kier alpha value is -4.59. The van der Waals surface area contributed by atoms with Gasteiger partial charge in [0.25, 0.3) is 5.91 Å². The third kappa shape index (κ3) is 3.50. The van der Waals surface area contributed by atoms with E-state index >= 15 is 0 Å². The molecular weight excluding hydrogens is 450 g/mol. The van der Waals surface area contributed by atoms with Crippen LogP contribution in [0.15, 0.2) is 61.6 Å². The second-order valence-electron chi connectivity index (χ2n) is 9.02. The van der Waals surface area contributed by atoms with Crippen LogP contribution in [0.1, 0.15) is 29.0 Å². The molecule has 36 heavy (non-hydrogen) atoms. The summed E-state index contributed by atoms with van der Waals surface area (Å²) in [6, 6.07) is 13.8. The third-order valence-corrected chi connectivity index (χ3v) is 6.86. The van der Waals surface area contributed by atoms with E-state index in [9.17, 15) is 4.79 Å². The summed E-state index contributed by atoms with van der Waals surface area (Å²) >= 11 is 0. The van der Waals surface area contributed by atoms with Gasteiger partial charge in [0.1, 0.15) is 17.8 Å². The lowest BCUT2D eigenvalue weighted by molar-refractivity contribution is 0.0793. The Morgan fingerprint density at radius 3 is 2.53 bits per heavy atom. The highest BCUT2D eigenvalue weighted by atomic mass is 16.2. The summed E-state index contributed by atoms with van der Waals surface area (Å²) < 4.78 is 2.03. The summed E-state index contributed by atoms with van der Waals surface area (Å²) in [5, 5.41) is 1.70. The predicted octanol–water partition coefficient (Wildman–Crippen LogP) is 4.71. The van der Waals surface area contributed by atoms with Crippen molar-refractivity contribution >= 4 is 39.7 Å². The zero-order chi connectivity index (χ0) is 24.8. The van der Waals surface area contributed by atoms with Gasteiger partial charge in [0.05, 0.1) is 16.6 Å². The lowest BCUT2D eigenvalue weighted by Crippen LogP contribution is -2.27. The Bertz CT molecular complexity index is 1650. The molecule has 0 saturated carbocycles. The number of fused-ring (bicyclic) bond motifs is 2. The average molecular weight is 476 g/mol. The Balaban J connectivity index is 1.53. The molecule has 2 aromatic carbocycles. The van der Waals surface area contributed by atoms with E-state index in [1.165, 1.54) is 6.33 Å². The Kier molecular flexibility index (Phi) is 5.21. The summed E-state index contributed by atoms with van der Waals surface area (Å²) in [6.45, 7) is 5.40. The number of benzene rings is 2. The minimum absolute atomic E-state index is 0.0773. The maximum Gasteiger partial charge on any atom is 0.253 e. The summed E-state index contributed by atoms with van der Waals surface area (Å²) in [5.41, 5.74) is 12.4. The van der Waals surface area contributed by atoms with Crippen LogP contribution in [0.2, 0.25) is 0 Å². The molecule has 1 aliphatic rings. The molecule has 6 rings (SSSR count). The van der Waals surface area contributed by atoms with Gasteiger partial charge in [-0.1, -0.05) is 24.8 Å². The fraction of sp³-hybridized carbons (Fsp3) is 0.179. The monoisotopic (exact) mass is 475 g/mol. The highest BCUT2D eigenvalue weighted by molar-refractivity contribution is 6.08. The molecule has 1 saturated heterocycles. The first-order valence-corrected chi connectivity index (χ1v) is 11.9. The zero-order valence-corrected chi connectivity index (χ0v) is 20.0. The Labute approximate surface area is 208 Å². The highest BCUT2D eigenvalue weighted by Crippen LogP contribution is 2.42. The van der Waals surface area contributed by atoms with Gasteiger partial charge in [0.15, 0.2) is 5.82 Å². The van der Waals surface area contributed by atoms with E-state index in [2.05, 4.69) is 32.6 Å². The first-order valence-electron chi connectivity index (χ1n) is 11.9. The van der Waals surface area contributed by atoms with Crippen LogP contribution in [0.3, 0.4) is 0 Å². The van der Waals surface area contributed by atoms with Crippen molar-refractivity contribution in [1.82, 2.24) is 29.4 Å². The van der Waals surface area contributed by atoms with Crippen molar-refractivity contribution in [3.05, 3.63) is 73.0 Å². The molecule has 1 fully saturated rings. The van der Waals surface area contributed by atoms with Gasteiger partial charge < -0.3 is 15.2 Å². The number of aromatic nitrogens is 5. The maximum atomic E-state index is 12.9. The molecule has 0 spiro atoms. The van der Waals surface area contributed by atoms with Gasteiger partial charge in [-0.2, -0.15) is 0 Å². The van der Waals surface area contributed by atoms with Gasteiger partial charge in [-0.3, -0.25) is 4.79 Å². The smallest absolute Gasteiger partial charge is 0.253 e. The summed E-state index contributed by atoms with van der Waals surface area (Å²) in [7, 11) is 1.97. The molecule has 0 atom stereocenters. The Morgan fingerprint density at radius 1 is 1.03 bits per heavy atom. The van der Waals surface area contributed by atoms with E-state index in [0.717, 1.165) is 70.3 Å². The molecule has 0 bridgehead atoms. The van der Waals surface area contributed by atoms with E-state index in [1.807, 2.05) is 52.9 Å². The van der Waals surface area contributed by atoms with Crippen LogP contribution in [-0.4, -0.2) is 48.4 Å². The molecule has 8 nitrogen and oxygen atoms in total. The lowest BCUT2D eigenvalue weighted by Gasteiger charge is -2.15. The molecular formula is C28H25N7O. The molecule has 5 aromatic rings. The second kappa shape index (κ2) is 8.57. The van der Waals surface area contributed by atoms with E-state index in [1.54, 1.807) is 12.3 Å². The third-order valence-electron chi connectivity index (χ3n) is 6.86. The number of rotatable bonds is 4. The van der Waals surface area contributed by atoms with E-state index < -0.39 is 0 Å². The second-order valence-corrected chi connectivity index (χ2v) is 9.02. The van der Waals surface area contributed by atoms with E-state index in [4.69, 9.17) is 5.73 Å². The number of nitrogens with zero attached hydrogens (tertiary/aromatic N) is 6. The van der Waals surface area contributed by atoms with Crippen LogP contribution < -0.4 is 5.73 Å². The van der Waals surface area contributed by atoms with Crippen molar-refractivity contribution in [2.45, 2.75) is 12.8 Å². The number of aryl methyl sites for hydroxylation is 1. The number of carbonyl (C=O) groups excluding carboxylic acids is 1. The van der Waals surface area contributed by atoms with Gasteiger partial charge >= 0.3 is 0 Å². The summed E-state index contributed by atoms with van der Waals surface area (Å²) in [6.07, 6.45) is 7.05. The summed E-state index contributed by atoms with van der Waals surface area (Å²) in [4.78, 5) is 32.5. The number of carbonyl (C=O) groups is 1. The van der Waals surface area contributed by atoms with Crippen molar-refractivity contribution in [3.8, 4) is 22.4 Å². The van der Waals surface area contributed by atoms with Gasteiger partial charge in [-0.25, -0.2) is 19.9 Å². The Morgan fingerprint density at radius 2 is 1.78 bits per heavy atom. The van der Waals surface area contributed by atoms with Crippen LogP contribution in [0.4, 0.5) is 5.82 Å². The van der Waals surface area contributed by atoms with Crippen molar-refractivity contribution in [2.24, 2.45) is 7.05 Å². The topological polar surface area (TPSA) is 103 Å². The maximum absolute atomic E-state index is 12.9. The zero-order valence-electron chi connectivity index (χ0n) is 20.0. The summed E-state index contributed by atoms with van der Waals surface area (Å²) in [5.74, 6) is 1.08. The number of nitrogen functional groups attached to an aromatic ring is 1. The van der Waals surface area contributed by atoms with Crippen LogP contribution in [-0.2, 0) is 7.05 Å². The minimum Gasteiger partial charge on any atom is -0.383 e. The largest absolute Gasteiger partial charge is 0.383 e. The molecule has 8 heteroatoms. The van der Waals surface area contributed by atoms with Crippen LogP contribution in [0.5, 0.6) is 0 Å². The van der Waals surface area contributed by atoms with E-state index in [0.29, 0.717) is 17.2 Å². The van der Waals surface area contributed by atoms with Crippen molar-refractivity contribution < 1.29 is 4.79 Å². The lowest BCUT2D eigenvalue weighted by atomic mass is 9.97. The molecule has 2 N–H and O–H groups in total. The molecule has 1 aliphatic heterocycles. The number of hydrogen-bond donors (Lipinski definition) is 1.